The molecule has 0 aromatic heterocycles. The summed E-state index contributed by atoms with van der Waals surface area (Å²) >= 11 is 12.2. The number of alkyl halides is 1. The molecule has 0 radical (unpaired) electrons. The van der Waals surface area contributed by atoms with Gasteiger partial charge in [-0.05, 0) is 19.3 Å². The molecule has 0 aliphatic heterocycles. The molecule has 0 aliphatic carbocycles. The minimum atomic E-state index is 0.622. The maximum Gasteiger partial charge on any atom is 0.145 e. The Labute approximate surface area is 167 Å². The summed E-state index contributed by atoms with van der Waals surface area (Å²) in [5, 5.41) is 2.70. The van der Waals surface area contributed by atoms with Crippen LogP contribution in [-0.2, 0) is 0 Å². The van der Waals surface area contributed by atoms with E-state index in [2.05, 4.69) is 19.1 Å². The van der Waals surface area contributed by atoms with Gasteiger partial charge < -0.3 is 9.47 Å². The molecule has 0 saturated heterocycles. The fourth-order valence-electron chi connectivity index (χ4n) is 2.98. The summed E-state index contributed by atoms with van der Waals surface area (Å²) in [6, 6.07) is 10.0. The molecule has 144 valence electrons. The molecule has 2 aromatic rings. The first-order chi connectivity index (χ1) is 12.8. The SMILES string of the molecule is CCCCCCOc1c(Cl)cc(OCCCCCCCl)c2ccccc12. The van der Waals surface area contributed by atoms with Crippen molar-refractivity contribution in [1.82, 2.24) is 0 Å². The Morgan fingerprint density at radius 3 is 2.19 bits per heavy atom. The summed E-state index contributed by atoms with van der Waals surface area (Å²) in [4.78, 5) is 0. The van der Waals surface area contributed by atoms with Gasteiger partial charge in [0.1, 0.15) is 11.5 Å². The molecule has 2 aromatic carbocycles. The minimum absolute atomic E-state index is 0.622. The van der Waals surface area contributed by atoms with Crippen LogP contribution < -0.4 is 9.47 Å². The van der Waals surface area contributed by atoms with E-state index < -0.39 is 0 Å². The van der Waals surface area contributed by atoms with Crippen LogP contribution >= 0.6 is 23.2 Å². The highest BCUT2D eigenvalue weighted by Crippen LogP contribution is 2.39. The lowest BCUT2D eigenvalue weighted by atomic mass is 10.1. The van der Waals surface area contributed by atoms with Gasteiger partial charge in [0.15, 0.2) is 0 Å². The number of rotatable bonds is 13. The molecule has 0 atom stereocenters. The maximum atomic E-state index is 6.51. The van der Waals surface area contributed by atoms with Gasteiger partial charge in [-0.3, -0.25) is 0 Å². The average Bonchev–Trinajstić information content (AvgIpc) is 2.66. The van der Waals surface area contributed by atoms with E-state index in [4.69, 9.17) is 32.7 Å². The molecule has 0 amide bonds. The zero-order chi connectivity index (χ0) is 18.6. The van der Waals surface area contributed by atoms with E-state index >= 15 is 0 Å². The Kier molecular flexibility index (Phi) is 10.0. The van der Waals surface area contributed by atoms with Crippen molar-refractivity contribution >= 4 is 34.0 Å². The third kappa shape index (κ3) is 6.55. The molecule has 4 heteroatoms. The second kappa shape index (κ2) is 12.3. The summed E-state index contributed by atoms with van der Waals surface area (Å²) < 4.78 is 12.0. The monoisotopic (exact) mass is 396 g/mol. The second-order valence-corrected chi connectivity index (χ2v) is 7.38. The Morgan fingerprint density at radius 1 is 0.808 bits per heavy atom. The van der Waals surface area contributed by atoms with Crippen LogP contribution in [-0.4, -0.2) is 19.1 Å². The largest absolute Gasteiger partial charge is 0.493 e. The molecule has 0 spiro atoms. The highest BCUT2D eigenvalue weighted by atomic mass is 35.5. The van der Waals surface area contributed by atoms with Crippen LogP contribution in [0.1, 0.15) is 58.3 Å². The summed E-state index contributed by atoms with van der Waals surface area (Å²) in [5.41, 5.74) is 0. The number of unbranched alkanes of at least 4 members (excludes halogenated alkanes) is 6. The van der Waals surface area contributed by atoms with Crippen LogP contribution in [0.4, 0.5) is 0 Å². The number of benzene rings is 2. The molecule has 0 bridgehead atoms. The predicted octanol–water partition coefficient (Wildman–Crippen LogP) is 7.63. The van der Waals surface area contributed by atoms with Crippen molar-refractivity contribution in [2.75, 3.05) is 19.1 Å². The van der Waals surface area contributed by atoms with Crippen molar-refractivity contribution in [3.8, 4) is 11.5 Å². The van der Waals surface area contributed by atoms with Crippen LogP contribution in [0.3, 0.4) is 0 Å². The van der Waals surface area contributed by atoms with Gasteiger partial charge in [-0.25, -0.2) is 0 Å². The second-order valence-electron chi connectivity index (χ2n) is 6.59. The van der Waals surface area contributed by atoms with Gasteiger partial charge in [0.25, 0.3) is 0 Å². The van der Waals surface area contributed by atoms with Gasteiger partial charge in [0, 0.05) is 22.7 Å². The Hall–Kier alpha value is -1.12. The number of hydrogen-bond donors (Lipinski definition) is 0. The molecular formula is C22H30Cl2O2. The van der Waals surface area contributed by atoms with Crippen molar-refractivity contribution in [2.45, 2.75) is 58.3 Å². The molecule has 0 aliphatic rings. The Balaban J connectivity index is 2.02. The van der Waals surface area contributed by atoms with E-state index in [9.17, 15) is 0 Å². The molecular weight excluding hydrogens is 367 g/mol. The third-order valence-corrected chi connectivity index (χ3v) is 4.99. The highest BCUT2D eigenvalue weighted by molar-refractivity contribution is 6.33. The molecule has 2 rings (SSSR count). The van der Waals surface area contributed by atoms with E-state index in [1.807, 2.05) is 18.2 Å². The molecule has 26 heavy (non-hydrogen) atoms. The van der Waals surface area contributed by atoms with Crippen molar-refractivity contribution in [3.05, 3.63) is 35.4 Å². The van der Waals surface area contributed by atoms with E-state index in [0.717, 1.165) is 60.3 Å². The van der Waals surface area contributed by atoms with Gasteiger partial charge >= 0.3 is 0 Å². The minimum Gasteiger partial charge on any atom is -0.493 e. The number of fused-ring (bicyclic) bond motifs is 1. The summed E-state index contributed by atoms with van der Waals surface area (Å²) in [5.74, 6) is 2.34. The molecule has 0 saturated carbocycles. The van der Waals surface area contributed by atoms with E-state index in [1.165, 1.54) is 19.3 Å². The molecule has 0 heterocycles. The zero-order valence-electron chi connectivity index (χ0n) is 15.7. The predicted molar refractivity (Wildman–Crippen MR) is 113 cm³/mol. The van der Waals surface area contributed by atoms with Gasteiger partial charge in [-0.2, -0.15) is 0 Å². The third-order valence-electron chi connectivity index (χ3n) is 4.44. The topological polar surface area (TPSA) is 18.5 Å². The summed E-state index contributed by atoms with van der Waals surface area (Å²) in [6.07, 6.45) is 9.10. The van der Waals surface area contributed by atoms with Gasteiger partial charge in [-0.15, -0.1) is 11.6 Å². The first kappa shape index (κ1) is 21.2. The first-order valence-electron chi connectivity index (χ1n) is 9.80. The normalized spacial score (nSPS) is 11.0. The molecule has 0 unspecified atom stereocenters. The molecule has 2 nitrogen and oxygen atoms in total. The Morgan fingerprint density at radius 2 is 1.46 bits per heavy atom. The van der Waals surface area contributed by atoms with E-state index in [1.54, 1.807) is 0 Å². The molecule has 0 fully saturated rings. The van der Waals surface area contributed by atoms with Crippen LogP contribution in [0.25, 0.3) is 10.8 Å². The van der Waals surface area contributed by atoms with Crippen molar-refractivity contribution in [3.63, 3.8) is 0 Å². The number of hydrogen-bond acceptors (Lipinski definition) is 2. The standard InChI is InChI=1S/C22H30Cl2O2/c1-2-3-4-10-16-26-22-19-13-8-7-12-18(19)21(17-20(22)24)25-15-11-6-5-9-14-23/h7-8,12-13,17H,2-6,9-11,14-16H2,1H3. The van der Waals surface area contributed by atoms with Crippen LogP contribution in [0.5, 0.6) is 11.5 Å². The van der Waals surface area contributed by atoms with Crippen LogP contribution in [0.15, 0.2) is 30.3 Å². The number of ether oxygens (including phenoxy) is 2. The smallest absolute Gasteiger partial charge is 0.145 e. The quantitative estimate of drug-likeness (QED) is 0.255. The van der Waals surface area contributed by atoms with Gasteiger partial charge in [0.2, 0.25) is 0 Å². The fraction of sp³-hybridized carbons (Fsp3) is 0.545. The van der Waals surface area contributed by atoms with Crippen LogP contribution in [0, 0.1) is 0 Å². The van der Waals surface area contributed by atoms with Crippen molar-refractivity contribution in [1.29, 1.82) is 0 Å². The van der Waals surface area contributed by atoms with E-state index in [0.29, 0.717) is 18.2 Å². The Bertz CT molecular complexity index is 658. The maximum absolute atomic E-state index is 6.51. The van der Waals surface area contributed by atoms with Crippen molar-refractivity contribution < 1.29 is 9.47 Å². The average molecular weight is 397 g/mol. The fourth-order valence-corrected chi connectivity index (χ4v) is 3.43. The lowest BCUT2D eigenvalue weighted by molar-refractivity contribution is 0.302. The van der Waals surface area contributed by atoms with Gasteiger partial charge in [0.05, 0.1) is 18.2 Å². The number of halogens is 2. The van der Waals surface area contributed by atoms with E-state index in [-0.39, 0.29) is 0 Å². The highest BCUT2D eigenvalue weighted by Gasteiger charge is 2.13. The lowest BCUT2D eigenvalue weighted by Crippen LogP contribution is -2.01. The summed E-state index contributed by atoms with van der Waals surface area (Å²) in [6.45, 7) is 3.60. The first-order valence-corrected chi connectivity index (χ1v) is 10.7. The van der Waals surface area contributed by atoms with Crippen LogP contribution in [0.2, 0.25) is 5.02 Å². The molecule has 0 N–H and O–H groups in total. The summed E-state index contributed by atoms with van der Waals surface area (Å²) in [7, 11) is 0. The van der Waals surface area contributed by atoms with Crippen molar-refractivity contribution in [2.24, 2.45) is 0 Å². The van der Waals surface area contributed by atoms with Gasteiger partial charge in [-0.1, -0.05) is 74.9 Å². The lowest BCUT2D eigenvalue weighted by Gasteiger charge is -2.15. The zero-order valence-corrected chi connectivity index (χ0v) is 17.2.